The largest absolute Gasteiger partial charge is 0.481 e. The van der Waals surface area contributed by atoms with Gasteiger partial charge in [0.2, 0.25) is 82.7 Å². The number of nitrogens with zero attached hydrogens (tertiary/aromatic N) is 2. The second-order valence-electron chi connectivity index (χ2n) is 21.7. The van der Waals surface area contributed by atoms with E-state index < -0.39 is 231 Å². The molecule has 1 aliphatic heterocycles. The lowest BCUT2D eigenvalue weighted by Crippen LogP contribution is -2.59. The summed E-state index contributed by atoms with van der Waals surface area (Å²) in [6.07, 6.45) is -2.05. The van der Waals surface area contributed by atoms with Gasteiger partial charge >= 0.3 is 17.9 Å². The Morgan fingerprint density at radius 2 is 1.05 bits per heavy atom. The van der Waals surface area contributed by atoms with Crippen LogP contribution in [0.15, 0.2) is 4.99 Å². The van der Waals surface area contributed by atoms with E-state index >= 15 is 0 Å². The highest BCUT2D eigenvalue weighted by Gasteiger charge is 2.38. The fourth-order valence-corrected chi connectivity index (χ4v) is 8.62. The summed E-state index contributed by atoms with van der Waals surface area (Å²) < 4.78 is 0. The van der Waals surface area contributed by atoms with Gasteiger partial charge in [0.15, 0.2) is 5.96 Å². The summed E-state index contributed by atoms with van der Waals surface area (Å²) in [7, 11) is 0. The zero-order valence-corrected chi connectivity index (χ0v) is 52.2. The Morgan fingerprint density at radius 1 is 0.554 bits per heavy atom. The Labute approximate surface area is 532 Å². The summed E-state index contributed by atoms with van der Waals surface area (Å²) in [4.78, 5) is 222. The van der Waals surface area contributed by atoms with E-state index in [9.17, 15) is 102 Å². The number of guanidine groups is 1. The summed E-state index contributed by atoms with van der Waals surface area (Å²) >= 11 is 4.05. The summed E-state index contributed by atoms with van der Waals surface area (Å²) in [5.74, 6) is -20.0. The summed E-state index contributed by atoms with van der Waals surface area (Å²) in [5.41, 5.74) is 21.5. The average molecular weight is 1330 g/mol. The molecule has 0 saturated carbocycles. The second kappa shape index (κ2) is 41.0. The topological polar surface area (TPSA) is 635 Å². The Bertz CT molecular complexity index is 2720. The van der Waals surface area contributed by atoms with Crippen LogP contribution in [0.4, 0.5) is 0 Å². The van der Waals surface area contributed by atoms with Crippen molar-refractivity contribution in [1.29, 1.82) is 0 Å². The predicted octanol–water partition coefficient (Wildman–Crippen LogP) is -10.4. The maximum atomic E-state index is 13.4. The molecule has 1 saturated heterocycles. The summed E-state index contributed by atoms with van der Waals surface area (Å²) in [5, 5.41) is 65.0. The van der Waals surface area contributed by atoms with Crippen molar-refractivity contribution >= 4 is 119 Å². The third-order valence-corrected chi connectivity index (χ3v) is 13.6. The van der Waals surface area contributed by atoms with E-state index in [-0.39, 0.29) is 44.2 Å². The quantitative estimate of drug-likeness (QED) is 0.0117. The molecule has 0 bridgehead atoms. The summed E-state index contributed by atoms with van der Waals surface area (Å²) in [6, 6.07) is -15.1. The van der Waals surface area contributed by atoms with Crippen molar-refractivity contribution in [2.75, 3.05) is 51.6 Å². The van der Waals surface area contributed by atoms with Crippen LogP contribution in [0.1, 0.15) is 92.4 Å². The number of aliphatic hydroxyl groups is 1. The van der Waals surface area contributed by atoms with E-state index in [4.69, 9.17) is 22.9 Å². The summed E-state index contributed by atoms with van der Waals surface area (Å²) in [6.45, 7) is 3.69. The molecule has 92 heavy (non-hydrogen) atoms. The minimum absolute atomic E-state index is 0.0938. The molecule has 0 spiro atoms. The van der Waals surface area contributed by atoms with E-state index in [1.165, 1.54) is 4.90 Å². The molecule has 14 amide bonds. The highest BCUT2D eigenvalue weighted by Crippen LogP contribution is 2.19. The van der Waals surface area contributed by atoms with Crippen molar-refractivity contribution in [3.8, 4) is 0 Å². The third-order valence-electron chi connectivity index (χ3n) is 13.2. The molecular formula is C52H86N18O21S. The Morgan fingerprint density at radius 3 is 1.55 bits per heavy atom. The molecule has 0 aromatic rings. The number of primary amides is 1. The number of hydrogen-bond donors (Lipinski definition) is 21. The van der Waals surface area contributed by atoms with Gasteiger partial charge in [0.1, 0.15) is 54.4 Å². The van der Waals surface area contributed by atoms with Crippen LogP contribution in [-0.4, -0.2) is 244 Å². The number of aliphatic hydroxyl groups excluding tert-OH is 1. The monoisotopic (exact) mass is 1330 g/mol. The lowest BCUT2D eigenvalue weighted by atomic mass is 10.00. The van der Waals surface area contributed by atoms with Gasteiger partial charge in [-0.1, -0.05) is 27.7 Å². The van der Waals surface area contributed by atoms with Crippen LogP contribution in [0.25, 0.3) is 0 Å². The number of thiol groups is 1. The minimum Gasteiger partial charge on any atom is -0.481 e. The lowest BCUT2D eigenvalue weighted by molar-refractivity contribution is -0.144. The number of nitrogens with one attached hydrogen (secondary N) is 12. The van der Waals surface area contributed by atoms with Gasteiger partial charge in [0, 0.05) is 25.3 Å². The number of aliphatic carboxylic acids is 3. The molecule has 516 valence electrons. The Hall–Kier alpha value is -9.47. The van der Waals surface area contributed by atoms with Gasteiger partial charge in [-0.05, 0) is 57.3 Å². The van der Waals surface area contributed by atoms with Crippen molar-refractivity contribution in [2.24, 2.45) is 39.8 Å². The van der Waals surface area contributed by atoms with Crippen molar-refractivity contribution in [2.45, 2.75) is 153 Å². The van der Waals surface area contributed by atoms with Crippen LogP contribution in [0.5, 0.6) is 0 Å². The van der Waals surface area contributed by atoms with Crippen LogP contribution in [-0.2, 0) is 81.5 Å². The molecule has 0 radical (unpaired) electrons. The van der Waals surface area contributed by atoms with Crippen LogP contribution >= 0.6 is 12.6 Å². The number of nitrogens with two attached hydrogens (primary N) is 4. The van der Waals surface area contributed by atoms with Gasteiger partial charge in [-0.15, -0.1) is 0 Å². The molecule has 0 aliphatic carbocycles. The van der Waals surface area contributed by atoms with Crippen molar-refractivity contribution in [3.05, 3.63) is 0 Å². The number of carboxylic acid groups (broad SMARTS) is 3. The van der Waals surface area contributed by atoms with E-state index in [0.717, 1.165) is 6.92 Å². The zero-order chi connectivity index (χ0) is 70.1. The first-order valence-electron chi connectivity index (χ1n) is 28.8. The fraction of sp³-hybridized carbons (Fsp3) is 0.654. The molecule has 24 N–H and O–H groups in total. The Balaban J connectivity index is 2.93. The van der Waals surface area contributed by atoms with Crippen LogP contribution in [0.2, 0.25) is 0 Å². The zero-order valence-electron chi connectivity index (χ0n) is 51.3. The van der Waals surface area contributed by atoms with Gasteiger partial charge in [-0.25, -0.2) is 4.79 Å². The van der Waals surface area contributed by atoms with E-state index in [2.05, 4.69) is 70.8 Å². The number of amides is 14. The number of hydrogen-bond acceptors (Lipinski definition) is 21. The Kier molecular flexibility index (Phi) is 35.9. The molecule has 1 fully saturated rings. The van der Waals surface area contributed by atoms with Crippen LogP contribution < -0.4 is 86.7 Å². The van der Waals surface area contributed by atoms with Crippen molar-refractivity contribution < 1.29 is 102 Å². The average Bonchev–Trinajstić information content (AvgIpc) is 1.63. The molecule has 1 rings (SSSR count). The first-order valence-corrected chi connectivity index (χ1v) is 29.4. The number of rotatable bonds is 42. The molecule has 10 atom stereocenters. The lowest BCUT2D eigenvalue weighted by Gasteiger charge is -2.28. The molecular weight excluding hydrogens is 1240 g/mol. The second-order valence-corrected chi connectivity index (χ2v) is 22.1. The molecule has 39 nitrogen and oxygen atoms in total. The maximum Gasteiger partial charge on any atom is 0.326 e. The molecule has 0 unspecified atom stereocenters. The molecule has 0 aromatic carbocycles. The first kappa shape index (κ1) is 80.5. The predicted molar refractivity (Wildman–Crippen MR) is 322 cm³/mol. The third kappa shape index (κ3) is 30.8. The number of carbonyl (C=O) groups is 17. The van der Waals surface area contributed by atoms with Gasteiger partial charge < -0.3 is 112 Å². The maximum absolute atomic E-state index is 13.4. The fourth-order valence-electron chi connectivity index (χ4n) is 8.37. The van der Waals surface area contributed by atoms with E-state index in [1.807, 2.05) is 10.6 Å². The van der Waals surface area contributed by atoms with Gasteiger partial charge in [-0.3, -0.25) is 81.7 Å². The number of carbonyl (C=O) groups excluding carboxylic acids is 14. The van der Waals surface area contributed by atoms with Gasteiger partial charge in [0.25, 0.3) is 0 Å². The highest BCUT2D eigenvalue weighted by atomic mass is 32.1. The highest BCUT2D eigenvalue weighted by molar-refractivity contribution is 7.80. The number of aliphatic imine (C=N–C) groups is 1. The number of carboxylic acids is 3. The van der Waals surface area contributed by atoms with Gasteiger partial charge in [-0.2, -0.15) is 12.6 Å². The standard InChI is InChI=1S/C52H86N18O21S/c1-23(2)14-28(48(87)69-41(24(3)4)51(90)91)66-50(89)33-9-7-13-70(33)38(76)20-58-35(73)17-60-45(84)31(21-71)67-47(86)30(16-40(79)80)64-37(75)19-61-44(83)27(10-11-34(54)72)65-49(88)32(22-92)68-42(81)25(5)62-46(85)29(15-39(77)78)63-36(74)18-59-43(82)26(53)8-6-12-57-52(55)56/h23-33,41,71,92H,6-22,53H2,1-5H3,(H2,54,72)(H,58,73)(H,59,82)(H,60,84)(H,61,83)(H,62,85)(H,63,74)(H,64,75)(H,65,88)(H,66,89)(H,67,86)(H,68,81)(H,69,87)(H,77,78)(H,79,80)(H,90,91)(H4,55,56,57)/t25-,26-,27-,28-,29-,30-,31-,32-,33-,41-/m0/s1. The molecule has 40 heteroatoms. The van der Waals surface area contributed by atoms with Crippen LogP contribution in [0.3, 0.4) is 0 Å². The van der Waals surface area contributed by atoms with Gasteiger partial charge in [0.05, 0.1) is 51.7 Å². The number of likely N-dealkylation sites (tertiary alicyclic amines) is 1. The smallest absolute Gasteiger partial charge is 0.326 e. The normalized spacial score (nSPS) is 15.5. The minimum atomic E-state index is -2.00. The van der Waals surface area contributed by atoms with Crippen LogP contribution in [0, 0.1) is 11.8 Å². The molecule has 1 heterocycles. The SMILES string of the molecule is CC(C)C[C@H](NC(=O)[C@@H]1CCCN1C(=O)CNC(=O)CNC(=O)[C@H](CO)NC(=O)[C@H](CC(=O)O)NC(=O)CNC(=O)[C@H](CCC(N)=O)NC(=O)[C@H](CS)NC(=O)[C@H](C)NC(=O)[C@H](CC(=O)O)NC(=O)CNC(=O)[C@@H](N)CCCN=C(N)N)C(=O)N[C@H](C(=O)O)C(C)C. The van der Waals surface area contributed by atoms with E-state index in [0.29, 0.717) is 12.8 Å². The molecule has 1 aliphatic rings. The van der Waals surface area contributed by atoms with E-state index in [1.54, 1.807) is 27.7 Å². The van der Waals surface area contributed by atoms with Crippen molar-refractivity contribution in [1.82, 2.24) is 68.7 Å². The van der Waals surface area contributed by atoms with Crippen molar-refractivity contribution in [3.63, 3.8) is 0 Å². The molecule has 0 aromatic heterocycles. The first-order chi connectivity index (χ1) is 43.0.